The van der Waals surface area contributed by atoms with Crippen LogP contribution in [0.25, 0.3) is 22.4 Å². The summed E-state index contributed by atoms with van der Waals surface area (Å²) in [6.07, 6.45) is 1.43. The van der Waals surface area contributed by atoms with Gasteiger partial charge < -0.3 is 18.9 Å². The predicted octanol–water partition coefficient (Wildman–Crippen LogP) is 2.47. The van der Waals surface area contributed by atoms with E-state index in [-0.39, 0.29) is 18.7 Å². The Balaban J connectivity index is 1.52. The van der Waals surface area contributed by atoms with Gasteiger partial charge in [0.15, 0.2) is 17.7 Å². The first-order valence-electron chi connectivity index (χ1n) is 9.80. The second kappa shape index (κ2) is 7.12. The number of esters is 1. The van der Waals surface area contributed by atoms with E-state index in [9.17, 15) is 4.79 Å². The molecule has 0 spiro atoms. The molecular weight excluding hydrogens is 388 g/mol. The Morgan fingerprint density at radius 3 is 2.67 bits per heavy atom. The second-order valence-electron chi connectivity index (χ2n) is 7.84. The van der Waals surface area contributed by atoms with Crippen LogP contribution in [0, 0.1) is 0 Å². The topological polar surface area (TPSA) is 97.6 Å². The van der Waals surface area contributed by atoms with Gasteiger partial charge in [0, 0.05) is 12.5 Å². The Hall–Kier alpha value is -2.88. The van der Waals surface area contributed by atoms with Crippen LogP contribution in [0.3, 0.4) is 0 Å². The van der Waals surface area contributed by atoms with Gasteiger partial charge in [0.25, 0.3) is 0 Å². The minimum Gasteiger partial charge on any atom is -0.463 e. The summed E-state index contributed by atoms with van der Waals surface area (Å²) in [4.78, 5) is 24.7. The number of carbonyl (C=O) groups is 1. The van der Waals surface area contributed by atoms with Gasteiger partial charge in [0.2, 0.25) is 0 Å². The summed E-state index contributed by atoms with van der Waals surface area (Å²) in [7, 11) is 0. The summed E-state index contributed by atoms with van der Waals surface area (Å²) in [6, 6.07) is 9.82. The van der Waals surface area contributed by atoms with Crippen molar-refractivity contribution in [3.8, 4) is 11.3 Å². The van der Waals surface area contributed by atoms with Gasteiger partial charge in [-0.05, 0) is 13.8 Å². The third-order valence-corrected chi connectivity index (χ3v) is 5.26. The Morgan fingerprint density at radius 2 is 1.90 bits per heavy atom. The van der Waals surface area contributed by atoms with Crippen molar-refractivity contribution < 1.29 is 23.7 Å². The van der Waals surface area contributed by atoms with E-state index in [2.05, 4.69) is 15.0 Å². The molecule has 156 valence electrons. The highest BCUT2D eigenvalue weighted by molar-refractivity contribution is 5.87. The third kappa shape index (κ3) is 3.24. The SMILES string of the molecule is CC(=O)OC[C@H]1O[C@@H](n2cnc3c(-c4ccccc4)ncnc32)[C@@H]2OC(C)(C)O[C@@H]21. The van der Waals surface area contributed by atoms with Crippen LogP contribution >= 0.6 is 0 Å². The zero-order valence-electron chi connectivity index (χ0n) is 16.9. The maximum Gasteiger partial charge on any atom is 0.302 e. The van der Waals surface area contributed by atoms with Gasteiger partial charge in [0.1, 0.15) is 42.5 Å². The minimum atomic E-state index is -0.771. The molecule has 0 bridgehead atoms. The number of hydrogen-bond donors (Lipinski definition) is 0. The molecule has 4 heterocycles. The molecule has 1 aromatic carbocycles. The fourth-order valence-corrected chi connectivity index (χ4v) is 4.06. The molecule has 5 rings (SSSR count). The van der Waals surface area contributed by atoms with Crippen LogP contribution in [0.2, 0.25) is 0 Å². The number of nitrogens with zero attached hydrogens (tertiary/aromatic N) is 4. The highest BCUT2D eigenvalue weighted by atomic mass is 16.8. The molecule has 0 radical (unpaired) electrons. The molecule has 2 aromatic heterocycles. The molecule has 0 saturated carbocycles. The molecular formula is C21H22N4O5. The molecule has 2 fully saturated rings. The average Bonchev–Trinajstić information content (AvgIpc) is 3.37. The second-order valence-corrected chi connectivity index (χ2v) is 7.84. The fraction of sp³-hybridized carbons (Fsp3) is 0.429. The molecule has 2 aliphatic rings. The van der Waals surface area contributed by atoms with Crippen LogP contribution in [-0.4, -0.2) is 56.2 Å². The number of rotatable bonds is 4. The number of ether oxygens (including phenoxy) is 4. The maximum absolute atomic E-state index is 11.3. The van der Waals surface area contributed by atoms with Crippen LogP contribution in [0.15, 0.2) is 43.0 Å². The van der Waals surface area contributed by atoms with Gasteiger partial charge in [-0.15, -0.1) is 0 Å². The molecule has 9 heteroatoms. The first-order valence-corrected chi connectivity index (χ1v) is 9.80. The van der Waals surface area contributed by atoms with Gasteiger partial charge >= 0.3 is 5.97 Å². The van der Waals surface area contributed by atoms with E-state index >= 15 is 0 Å². The molecule has 0 N–H and O–H groups in total. The Morgan fingerprint density at radius 1 is 1.13 bits per heavy atom. The molecule has 2 aliphatic heterocycles. The van der Waals surface area contributed by atoms with Gasteiger partial charge in [-0.1, -0.05) is 30.3 Å². The Labute approximate surface area is 173 Å². The molecule has 4 atom stereocenters. The van der Waals surface area contributed by atoms with E-state index in [0.29, 0.717) is 11.2 Å². The lowest BCUT2D eigenvalue weighted by Crippen LogP contribution is -2.33. The van der Waals surface area contributed by atoms with Gasteiger partial charge in [0.05, 0.1) is 6.33 Å². The van der Waals surface area contributed by atoms with E-state index in [4.69, 9.17) is 18.9 Å². The number of imidazole rings is 1. The number of hydrogen-bond acceptors (Lipinski definition) is 8. The standard InChI is InChI=1S/C21H22N4O5/c1-12(26)27-9-14-17-18(30-21(2,3)29-17)20(28-14)25-11-24-16-15(22-10-23-19(16)25)13-7-5-4-6-8-13/h4-8,10-11,14,17-18,20H,9H2,1-3H3/t14-,17-,18-,20-/m1/s1. The van der Waals surface area contributed by atoms with Crippen molar-refractivity contribution in [1.82, 2.24) is 19.5 Å². The molecule has 30 heavy (non-hydrogen) atoms. The summed E-state index contributed by atoms with van der Waals surface area (Å²) >= 11 is 0. The van der Waals surface area contributed by atoms with E-state index in [1.807, 2.05) is 48.7 Å². The monoisotopic (exact) mass is 410 g/mol. The van der Waals surface area contributed by atoms with Crippen LogP contribution < -0.4 is 0 Å². The highest BCUT2D eigenvalue weighted by Gasteiger charge is 2.56. The average molecular weight is 410 g/mol. The van der Waals surface area contributed by atoms with Crippen molar-refractivity contribution in [3.05, 3.63) is 43.0 Å². The van der Waals surface area contributed by atoms with Gasteiger partial charge in [-0.2, -0.15) is 0 Å². The van der Waals surface area contributed by atoms with Gasteiger partial charge in [-0.25, -0.2) is 15.0 Å². The lowest BCUT2D eigenvalue weighted by Gasteiger charge is -2.24. The Bertz CT molecular complexity index is 1080. The highest BCUT2D eigenvalue weighted by Crippen LogP contribution is 2.44. The first kappa shape index (κ1) is 19.1. The summed E-state index contributed by atoms with van der Waals surface area (Å²) in [5.74, 6) is -1.14. The maximum atomic E-state index is 11.3. The number of carbonyl (C=O) groups excluding carboxylic acids is 1. The molecule has 3 aromatic rings. The van der Waals surface area contributed by atoms with Crippen molar-refractivity contribution >= 4 is 17.1 Å². The predicted molar refractivity (Wildman–Crippen MR) is 105 cm³/mol. The van der Waals surface area contributed by atoms with Crippen LogP contribution in [0.4, 0.5) is 0 Å². The lowest BCUT2D eigenvalue weighted by molar-refractivity contribution is -0.201. The van der Waals surface area contributed by atoms with Crippen molar-refractivity contribution in [1.29, 1.82) is 0 Å². The molecule has 0 amide bonds. The van der Waals surface area contributed by atoms with E-state index in [1.165, 1.54) is 13.3 Å². The normalized spacial score (nSPS) is 27.3. The van der Waals surface area contributed by atoms with E-state index in [0.717, 1.165) is 11.3 Å². The number of fused-ring (bicyclic) bond motifs is 2. The van der Waals surface area contributed by atoms with Crippen molar-refractivity contribution in [3.63, 3.8) is 0 Å². The van der Waals surface area contributed by atoms with Gasteiger partial charge in [-0.3, -0.25) is 9.36 Å². The molecule has 9 nitrogen and oxygen atoms in total. The summed E-state index contributed by atoms with van der Waals surface area (Å²) < 4.78 is 25.4. The van der Waals surface area contributed by atoms with Crippen molar-refractivity contribution in [2.45, 2.75) is 51.1 Å². The van der Waals surface area contributed by atoms with Crippen molar-refractivity contribution in [2.75, 3.05) is 6.61 Å². The van der Waals surface area contributed by atoms with E-state index in [1.54, 1.807) is 6.33 Å². The summed E-state index contributed by atoms with van der Waals surface area (Å²) in [6.45, 7) is 5.16. The number of aromatic nitrogens is 4. The zero-order chi connectivity index (χ0) is 20.9. The summed E-state index contributed by atoms with van der Waals surface area (Å²) in [5, 5.41) is 0. The molecule has 2 saturated heterocycles. The van der Waals surface area contributed by atoms with Crippen molar-refractivity contribution in [2.24, 2.45) is 0 Å². The van der Waals surface area contributed by atoms with Crippen LogP contribution in [-0.2, 0) is 23.7 Å². The Kier molecular flexibility index (Phi) is 4.53. The summed E-state index contributed by atoms with van der Waals surface area (Å²) in [5.41, 5.74) is 3.00. The fourth-order valence-electron chi connectivity index (χ4n) is 4.06. The lowest BCUT2D eigenvalue weighted by atomic mass is 10.1. The number of benzene rings is 1. The van der Waals surface area contributed by atoms with Crippen LogP contribution in [0.1, 0.15) is 27.0 Å². The largest absolute Gasteiger partial charge is 0.463 e. The van der Waals surface area contributed by atoms with Crippen LogP contribution in [0.5, 0.6) is 0 Å². The quantitative estimate of drug-likeness (QED) is 0.605. The smallest absolute Gasteiger partial charge is 0.302 e. The first-order chi connectivity index (χ1) is 14.4. The minimum absolute atomic E-state index is 0.0866. The molecule has 0 aliphatic carbocycles. The molecule has 0 unspecified atom stereocenters. The zero-order valence-corrected chi connectivity index (χ0v) is 16.9. The third-order valence-electron chi connectivity index (χ3n) is 5.26. The van der Waals surface area contributed by atoms with E-state index < -0.39 is 24.2 Å².